The number of amides is 1. The summed E-state index contributed by atoms with van der Waals surface area (Å²) in [4.78, 5) is 25.4. The number of carbonyl (C=O) groups excluding carboxylic acids is 1. The lowest BCUT2D eigenvalue weighted by Crippen LogP contribution is -2.31. The van der Waals surface area contributed by atoms with E-state index < -0.39 is 0 Å². The monoisotopic (exact) mass is 358 g/mol. The molecular weight excluding hydrogens is 336 g/mol. The van der Waals surface area contributed by atoms with Crippen molar-refractivity contribution in [3.05, 3.63) is 57.2 Å². The van der Waals surface area contributed by atoms with Crippen LogP contribution in [0.2, 0.25) is 0 Å². The lowest BCUT2D eigenvalue weighted by atomic mass is 10.0. The highest BCUT2D eigenvalue weighted by atomic mass is 32.1. The molecule has 3 rings (SSSR count). The third kappa shape index (κ3) is 4.02. The molecule has 25 heavy (non-hydrogen) atoms. The van der Waals surface area contributed by atoms with Gasteiger partial charge in [-0.05, 0) is 35.9 Å². The van der Waals surface area contributed by atoms with Gasteiger partial charge in [0.15, 0.2) is 5.58 Å². The van der Waals surface area contributed by atoms with Crippen LogP contribution in [0.15, 0.2) is 51.0 Å². The van der Waals surface area contributed by atoms with Gasteiger partial charge in [-0.1, -0.05) is 32.0 Å². The van der Waals surface area contributed by atoms with Crippen molar-refractivity contribution in [2.45, 2.75) is 39.3 Å². The Morgan fingerprint density at radius 1 is 1.24 bits per heavy atom. The Morgan fingerprint density at radius 3 is 2.76 bits per heavy atom. The summed E-state index contributed by atoms with van der Waals surface area (Å²) in [6.45, 7) is 4.66. The SMILES string of the molecule is CC(C)[C@H](NC(=O)CCCn1c(=O)oc2ccccc21)c1cccs1. The van der Waals surface area contributed by atoms with Crippen molar-refractivity contribution in [2.24, 2.45) is 5.92 Å². The van der Waals surface area contributed by atoms with Crippen molar-refractivity contribution >= 4 is 28.3 Å². The van der Waals surface area contributed by atoms with Crippen molar-refractivity contribution in [3.8, 4) is 0 Å². The molecule has 0 unspecified atom stereocenters. The molecule has 1 atom stereocenters. The number of hydrogen-bond acceptors (Lipinski definition) is 4. The van der Waals surface area contributed by atoms with Crippen LogP contribution in [0.4, 0.5) is 0 Å². The molecule has 0 fully saturated rings. The highest BCUT2D eigenvalue weighted by Crippen LogP contribution is 2.25. The summed E-state index contributed by atoms with van der Waals surface area (Å²) in [7, 11) is 0. The number of aryl methyl sites for hydroxylation is 1. The maximum atomic E-state index is 12.3. The second kappa shape index (κ2) is 7.70. The molecule has 132 valence electrons. The molecule has 2 heterocycles. The number of nitrogens with one attached hydrogen (secondary N) is 1. The van der Waals surface area contributed by atoms with Crippen molar-refractivity contribution in [1.29, 1.82) is 0 Å². The van der Waals surface area contributed by atoms with Gasteiger partial charge in [0.2, 0.25) is 5.91 Å². The van der Waals surface area contributed by atoms with Crippen LogP contribution < -0.4 is 11.1 Å². The van der Waals surface area contributed by atoms with Crippen LogP contribution >= 0.6 is 11.3 Å². The van der Waals surface area contributed by atoms with Gasteiger partial charge in [0.05, 0.1) is 11.6 Å². The molecule has 1 aromatic carbocycles. The maximum Gasteiger partial charge on any atom is 0.419 e. The minimum absolute atomic E-state index is 0.00736. The Bertz CT molecular complexity index is 893. The van der Waals surface area contributed by atoms with Gasteiger partial charge >= 0.3 is 5.76 Å². The third-order valence-electron chi connectivity index (χ3n) is 4.19. The largest absolute Gasteiger partial charge is 0.419 e. The topological polar surface area (TPSA) is 64.2 Å². The fraction of sp³-hybridized carbons (Fsp3) is 0.368. The van der Waals surface area contributed by atoms with Crippen molar-refractivity contribution in [2.75, 3.05) is 0 Å². The number of carbonyl (C=O) groups is 1. The standard InChI is InChI=1S/C19H22N2O3S/c1-13(2)18(16-9-6-12-25-16)20-17(22)10-5-11-21-14-7-3-4-8-15(14)24-19(21)23/h3-4,6-9,12-13,18H,5,10-11H2,1-2H3,(H,20,22)/t18-/m0/s1. The van der Waals surface area contributed by atoms with E-state index >= 15 is 0 Å². The predicted molar refractivity (Wildman–Crippen MR) is 99.7 cm³/mol. The Labute approximate surface area is 150 Å². The fourth-order valence-electron chi connectivity index (χ4n) is 2.90. The first-order valence-corrected chi connectivity index (χ1v) is 9.35. The molecule has 3 aromatic rings. The first-order chi connectivity index (χ1) is 12.1. The van der Waals surface area contributed by atoms with E-state index in [2.05, 4.69) is 19.2 Å². The molecule has 0 aliphatic heterocycles. The van der Waals surface area contributed by atoms with Gasteiger partial charge in [-0.3, -0.25) is 9.36 Å². The van der Waals surface area contributed by atoms with Crippen LogP contribution in [0.1, 0.15) is 37.6 Å². The van der Waals surface area contributed by atoms with Crippen LogP contribution in [-0.2, 0) is 11.3 Å². The van der Waals surface area contributed by atoms with Gasteiger partial charge in [-0.25, -0.2) is 4.79 Å². The van der Waals surface area contributed by atoms with E-state index in [9.17, 15) is 9.59 Å². The van der Waals surface area contributed by atoms with Crippen molar-refractivity contribution in [3.63, 3.8) is 0 Å². The van der Waals surface area contributed by atoms with Crippen LogP contribution in [0.5, 0.6) is 0 Å². The Morgan fingerprint density at radius 2 is 2.04 bits per heavy atom. The van der Waals surface area contributed by atoms with E-state index in [0.29, 0.717) is 30.9 Å². The van der Waals surface area contributed by atoms with Gasteiger partial charge < -0.3 is 9.73 Å². The lowest BCUT2D eigenvalue weighted by Gasteiger charge is -2.21. The number of hydrogen-bond donors (Lipinski definition) is 1. The van der Waals surface area contributed by atoms with Crippen LogP contribution in [0.3, 0.4) is 0 Å². The van der Waals surface area contributed by atoms with Gasteiger partial charge in [0.1, 0.15) is 0 Å². The molecule has 0 bridgehead atoms. The van der Waals surface area contributed by atoms with E-state index in [4.69, 9.17) is 4.42 Å². The van der Waals surface area contributed by atoms with Crippen LogP contribution in [0.25, 0.3) is 11.1 Å². The maximum absolute atomic E-state index is 12.3. The second-order valence-corrected chi connectivity index (χ2v) is 7.37. The highest BCUT2D eigenvalue weighted by molar-refractivity contribution is 7.10. The number of fused-ring (bicyclic) bond motifs is 1. The molecule has 0 radical (unpaired) electrons. The summed E-state index contributed by atoms with van der Waals surface area (Å²) in [6, 6.07) is 11.4. The zero-order chi connectivity index (χ0) is 17.8. The molecule has 0 aliphatic carbocycles. The zero-order valence-electron chi connectivity index (χ0n) is 14.4. The molecule has 6 heteroatoms. The molecular formula is C19H22N2O3S. The number of benzene rings is 1. The van der Waals surface area contributed by atoms with Gasteiger partial charge in [0.25, 0.3) is 0 Å². The first kappa shape index (κ1) is 17.5. The Hall–Kier alpha value is -2.34. The van der Waals surface area contributed by atoms with Crippen molar-refractivity contribution in [1.82, 2.24) is 9.88 Å². The van der Waals surface area contributed by atoms with E-state index in [1.54, 1.807) is 22.0 Å². The van der Waals surface area contributed by atoms with Gasteiger partial charge in [-0.2, -0.15) is 0 Å². The number of rotatable bonds is 7. The smallest absolute Gasteiger partial charge is 0.408 e. The molecule has 0 saturated carbocycles. The second-order valence-electron chi connectivity index (χ2n) is 6.40. The number of thiophene rings is 1. The minimum atomic E-state index is -0.375. The molecule has 2 aromatic heterocycles. The zero-order valence-corrected chi connectivity index (χ0v) is 15.2. The number of para-hydroxylation sites is 2. The average molecular weight is 358 g/mol. The highest BCUT2D eigenvalue weighted by Gasteiger charge is 2.19. The van der Waals surface area contributed by atoms with E-state index in [-0.39, 0.29) is 17.7 Å². The predicted octanol–water partition coefficient (Wildman–Crippen LogP) is 3.95. The lowest BCUT2D eigenvalue weighted by molar-refractivity contribution is -0.122. The number of aromatic nitrogens is 1. The molecule has 1 N–H and O–H groups in total. The van der Waals surface area contributed by atoms with Crippen LogP contribution in [-0.4, -0.2) is 10.5 Å². The summed E-state index contributed by atoms with van der Waals surface area (Å²) in [6.07, 6.45) is 0.963. The first-order valence-electron chi connectivity index (χ1n) is 8.47. The number of nitrogens with zero attached hydrogens (tertiary/aromatic N) is 1. The van der Waals surface area contributed by atoms with E-state index in [0.717, 1.165) is 5.52 Å². The Kier molecular flexibility index (Phi) is 5.38. The molecule has 0 aliphatic rings. The average Bonchev–Trinajstić information content (AvgIpc) is 3.21. The summed E-state index contributed by atoms with van der Waals surface area (Å²) < 4.78 is 6.79. The summed E-state index contributed by atoms with van der Waals surface area (Å²) in [5.74, 6) is -0.0452. The van der Waals surface area contributed by atoms with Gasteiger partial charge in [0, 0.05) is 17.8 Å². The Balaban J connectivity index is 1.59. The van der Waals surface area contributed by atoms with E-state index in [1.165, 1.54) is 4.88 Å². The summed E-state index contributed by atoms with van der Waals surface area (Å²) in [5.41, 5.74) is 1.35. The molecule has 0 spiro atoms. The summed E-state index contributed by atoms with van der Waals surface area (Å²) >= 11 is 1.65. The quantitative estimate of drug-likeness (QED) is 0.695. The third-order valence-corrected chi connectivity index (χ3v) is 5.15. The summed E-state index contributed by atoms with van der Waals surface area (Å²) in [5, 5.41) is 5.13. The molecule has 5 nitrogen and oxygen atoms in total. The van der Waals surface area contributed by atoms with Crippen LogP contribution in [0, 0.1) is 5.92 Å². The van der Waals surface area contributed by atoms with Crippen molar-refractivity contribution < 1.29 is 9.21 Å². The fourth-order valence-corrected chi connectivity index (χ4v) is 3.85. The van der Waals surface area contributed by atoms with Gasteiger partial charge in [-0.15, -0.1) is 11.3 Å². The number of oxazole rings is 1. The molecule has 0 saturated heterocycles. The normalized spacial score (nSPS) is 12.6. The molecule has 1 amide bonds. The van der Waals surface area contributed by atoms with E-state index in [1.807, 2.05) is 35.7 Å². The minimum Gasteiger partial charge on any atom is -0.408 e.